The summed E-state index contributed by atoms with van der Waals surface area (Å²) in [7, 11) is 0. The Balaban J connectivity index is 2.13. The molecule has 0 N–H and O–H groups in total. The van der Waals surface area contributed by atoms with Crippen LogP contribution in [0.2, 0.25) is 5.15 Å². The Labute approximate surface area is 119 Å². The summed E-state index contributed by atoms with van der Waals surface area (Å²) in [6, 6.07) is 0. The van der Waals surface area contributed by atoms with Crippen molar-refractivity contribution in [2.75, 3.05) is 5.75 Å². The highest BCUT2D eigenvalue weighted by Crippen LogP contribution is 2.42. The summed E-state index contributed by atoms with van der Waals surface area (Å²) in [4.78, 5) is 8.98. The molecule has 1 saturated carbocycles. The van der Waals surface area contributed by atoms with Crippen molar-refractivity contribution in [1.29, 1.82) is 0 Å². The molecule has 0 saturated heterocycles. The van der Waals surface area contributed by atoms with Crippen molar-refractivity contribution in [3.05, 3.63) is 20.2 Å². The fourth-order valence-corrected chi connectivity index (χ4v) is 3.10. The highest BCUT2D eigenvalue weighted by atomic mass is 127. The summed E-state index contributed by atoms with van der Waals surface area (Å²) in [5, 5.41) is 0.629. The van der Waals surface area contributed by atoms with Crippen LogP contribution in [0.15, 0.2) is 0 Å². The molecule has 0 aliphatic heterocycles. The van der Waals surface area contributed by atoms with Gasteiger partial charge in [0.2, 0.25) is 0 Å². The minimum Gasteiger partial charge on any atom is -0.236 e. The van der Waals surface area contributed by atoms with Crippen LogP contribution in [0.5, 0.6) is 0 Å². The second-order valence-electron chi connectivity index (χ2n) is 3.96. The second kappa shape index (κ2) is 5.87. The molecule has 5 heteroatoms. The SMILES string of the molecule is CCCSCc1nc(Cl)c(I)c(C2CC2)n1. The molecule has 1 aromatic rings. The lowest BCUT2D eigenvalue weighted by Gasteiger charge is -2.06. The zero-order chi connectivity index (χ0) is 11.5. The lowest BCUT2D eigenvalue weighted by molar-refractivity contribution is 0.918. The standard InChI is InChI=1S/C11H14ClIN2S/c1-2-5-16-6-8-14-10(7-3-4-7)9(13)11(12)15-8/h7H,2-6H2,1H3. The van der Waals surface area contributed by atoms with E-state index in [4.69, 9.17) is 11.6 Å². The first-order valence-electron chi connectivity index (χ1n) is 5.52. The van der Waals surface area contributed by atoms with E-state index in [0.717, 1.165) is 20.9 Å². The van der Waals surface area contributed by atoms with Gasteiger partial charge < -0.3 is 0 Å². The molecule has 0 aromatic carbocycles. The van der Waals surface area contributed by atoms with Crippen molar-refractivity contribution in [1.82, 2.24) is 9.97 Å². The lowest BCUT2D eigenvalue weighted by atomic mass is 10.3. The Hall–Kier alpha value is 0.450. The zero-order valence-corrected chi connectivity index (χ0v) is 12.9. The predicted molar refractivity (Wildman–Crippen MR) is 78.2 cm³/mol. The smallest absolute Gasteiger partial charge is 0.146 e. The highest BCUT2D eigenvalue weighted by Gasteiger charge is 2.29. The van der Waals surface area contributed by atoms with Crippen LogP contribution in [0, 0.1) is 3.57 Å². The van der Waals surface area contributed by atoms with Crippen molar-refractivity contribution in [2.45, 2.75) is 37.9 Å². The van der Waals surface area contributed by atoms with E-state index in [2.05, 4.69) is 39.5 Å². The molecule has 2 nitrogen and oxygen atoms in total. The van der Waals surface area contributed by atoms with Crippen molar-refractivity contribution < 1.29 is 0 Å². The van der Waals surface area contributed by atoms with Crippen LogP contribution in [0.25, 0.3) is 0 Å². The third kappa shape index (κ3) is 3.23. The monoisotopic (exact) mass is 368 g/mol. The fourth-order valence-electron chi connectivity index (χ4n) is 1.48. The average molecular weight is 369 g/mol. The van der Waals surface area contributed by atoms with Gasteiger partial charge in [0.05, 0.1) is 15.0 Å². The average Bonchev–Trinajstić information content (AvgIpc) is 3.07. The summed E-state index contributed by atoms with van der Waals surface area (Å²) in [5.41, 5.74) is 1.17. The van der Waals surface area contributed by atoms with Gasteiger partial charge in [-0.2, -0.15) is 11.8 Å². The van der Waals surface area contributed by atoms with E-state index in [1.807, 2.05) is 11.8 Å². The number of aromatic nitrogens is 2. The van der Waals surface area contributed by atoms with E-state index in [1.165, 1.54) is 25.0 Å². The maximum atomic E-state index is 6.14. The van der Waals surface area contributed by atoms with Gasteiger partial charge in [-0.15, -0.1) is 0 Å². The van der Waals surface area contributed by atoms with Crippen molar-refractivity contribution >= 4 is 46.0 Å². The van der Waals surface area contributed by atoms with Gasteiger partial charge in [0, 0.05) is 5.92 Å². The van der Waals surface area contributed by atoms with Gasteiger partial charge >= 0.3 is 0 Å². The normalized spacial score (nSPS) is 15.4. The number of halogens is 2. The van der Waals surface area contributed by atoms with Crippen LogP contribution >= 0.6 is 46.0 Å². The van der Waals surface area contributed by atoms with E-state index in [-0.39, 0.29) is 0 Å². The van der Waals surface area contributed by atoms with Crippen LogP contribution in [0.1, 0.15) is 43.6 Å². The molecular formula is C11H14ClIN2S. The van der Waals surface area contributed by atoms with Gasteiger partial charge in [-0.1, -0.05) is 18.5 Å². The highest BCUT2D eigenvalue weighted by molar-refractivity contribution is 14.1. The molecule has 1 aliphatic carbocycles. The van der Waals surface area contributed by atoms with E-state index in [0.29, 0.717) is 11.1 Å². The van der Waals surface area contributed by atoms with Crippen LogP contribution in [0.3, 0.4) is 0 Å². The predicted octanol–water partition coefficient (Wildman–Crippen LogP) is 4.26. The van der Waals surface area contributed by atoms with Crippen LogP contribution in [0.4, 0.5) is 0 Å². The molecule has 0 atom stereocenters. The molecule has 0 bridgehead atoms. The molecule has 1 aliphatic rings. The summed E-state index contributed by atoms with van der Waals surface area (Å²) >= 11 is 10.3. The summed E-state index contributed by atoms with van der Waals surface area (Å²) < 4.78 is 1.05. The van der Waals surface area contributed by atoms with E-state index >= 15 is 0 Å². The van der Waals surface area contributed by atoms with E-state index in [1.54, 1.807) is 0 Å². The Bertz CT molecular complexity index is 382. The molecule has 1 fully saturated rings. The molecule has 0 spiro atoms. The molecular weight excluding hydrogens is 355 g/mol. The van der Waals surface area contributed by atoms with E-state index < -0.39 is 0 Å². The van der Waals surface area contributed by atoms with Crippen LogP contribution < -0.4 is 0 Å². The first-order chi connectivity index (χ1) is 7.72. The molecule has 16 heavy (non-hydrogen) atoms. The molecule has 1 heterocycles. The van der Waals surface area contributed by atoms with Crippen molar-refractivity contribution in [3.63, 3.8) is 0 Å². The number of thioether (sulfide) groups is 1. The third-order valence-electron chi connectivity index (χ3n) is 2.43. The summed E-state index contributed by atoms with van der Waals surface area (Å²) in [5.74, 6) is 3.57. The number of hydrogen-bond acceptors (Lipinski definition) is 3. The topological polar surface area (TPSA) is 25.8 Å². The van der Waals surface area contributed by atoms with Crippen molar-refractivity contribution in [3.8, 4) is 0 Å². The van der Waals surface area contributed by atoms with Gasteiger partial charge in [-0.05, 0) is 47.6 Å². The Kier molecular flexibility index (Phi) is 4.73. The summed E-state index contributed by atoms with van der Waals surface area (Å²) in [6.45, 7) is 2.18. The second-order valence-corrected chi connectivity index (χ2v) is 6.50. The minimum absolute atomic E-state index is 0.629. The largest absolute Gasteiger partial charge is 0.236 e. The summed E-state index contributed by atoms with van der Waals surface area (Å²) in [6.07, 6.45) is 3.70. The Morgan fingerprint density at radius 2 is 2.19 bits per heavy atom. The quantitative estimate of drug-likeness (QED) is 0.441. The molecule has 1 aromatic heterocycles. The first kappa shape index (κ1) is 12.9. The van der Waals surface area contributed by atoms with Gasteiger partial charge in [0.1, 0.15) is 11.0 Å². The third-order valence-corrected chi connectivity index (χ3v) is 5.24. The van der Waals surface area contributed by atoms with Crippen LogP contribution in [-0.2, 0) is 5.75 Å². The molecule has 0 amide bonds. The van der Waals surface area contributed by atoms with Crippen molar-refractivity contribution in [2.24, 2.45) is 0 Å². The molecule has 2 rings (SSSR count). The maximum Gasteiger partial charge on any atom is 0.146 e. The van der Waals surface area contributed by atoms with Gasteiger partial charge in [-0.3, -0.25) is 0 Å². The molecule has 0 radical (unpaired) electrons. The number of rotatable bonds is 5. The van der Waals surface area contributed by atoms with Crippen LogP contribution in [-0.4, -0.2) is 15.7 Å². The number of nitrogens with zero attached hydrogens (tertiary/aromatic N) is 2. The number of hydrogen-bond donors (Lipinski definition) is 0. The maximum absolute atomic E-state index is 6.14. The van der Waals surface area contributed by atoms with Gasteiger partial charge in [-0.25, -0.2) is 9.97 Å². The minimum atomic E-state index is 0.629. The Morgan fingerprint density at radius 1 is 1.44 bits per heavy atom. The van der Waals surface area contributed by atoms with Gasteiger partial charge in [0.25, 0.3) is 0 Å². The van der Waals surface area contributed by atoms with E-state index in [9.17, 15) is 0 Å². The molecule has 0 unspecified atom stereocenters. The van der Waals surface area contributed by atoms with Gasteiger partial charge in [0.15, 0.2) is 0 Å². The first-order valence-corrected chi connectivity index (χ1v) is 8.13. The lowest BCUT2D eigenvalue weighted by Crippen LogP contribution is -2.02. The zero-order valence-electron chi connectivity index (χ0n) is 9.17. The fraction of sp³-hybridized carbons (Fsp3) is 0.636. The Morgan fingerprint density at radius 3 is 2.81 bits per heavy atom. The molecule has 88 valence electrons.